The second-order valence-corrected chi connectivity index (χ2v) is 6.09. The number of hydrogen-bond donors (Lipinski definition) is 1. The van der Waals surface area contributed by atoms with E-state index in [9.17, 15) is 39.9 Å². The molecule has 2 aromatic carbocycles. The van der Waals surface area contributed by atoms with Crippen LogP contribution in [0.15, 0.2) is 18.2 Å². The van der Waals surface area contributed by atoms with Crippen LogP contribution in [0.2, 0.25) is 0 Å². The summed E-state index contributed by atoms with van der Waals surface area (Å²) in [5.74, 6) is -12.4. The number of alkyl halides is 3. The van der Waals surface area contributed by atoms with E-state index in [1.54, 1.807) is 22.6 Å². The van der Waals surface area contributed by atoms with Crippen LogP contribution in [0, 0.1) is 32.7 Å². The molecule has 2 rings (SSSR count). The third-order valence-electron chi connectivity index (χ3n) is 3.21. The number of nitrogens with one attached hydrogen (secondary N) is 1. The van der Waals surface area contributed by atoms with Crippen LogP contribution in [0.4, 0.5) is 40.8 Å². The van der Waals surface area contributed by atoms with Gasteiger partial charge in [0, 0.05) is 9.13 Å². The zero-order chi connectivity index (χ0) is 19.8. The summed E-state index contributed by atoms with van der Waals surface area (Å²) in [4.78, 5) is 11.8. The van der Waals surface area contributed by atoms with Gasteiger partial charge in [-0.05, 0) is 34.7 Å². The first kappa shape index (κ1) is 20.4. The topological polar surface area (TPSA) is 29.1 Å². The number of anilines is 1. The lowest BCUT2D eigenvalue weighted by molar-refractivity contribution is -0.143. The highest BCUT2D eigenvalue weighted by molar-refractivity contribution is 14.1. The summed E-state index contributed by atoms with van der Waals surface area (Å²) < 4.78 is 106. The Hall–Kier alpha value is -1.92. The van der Waals surface area contributed by atoms with Gasteiger partial charge in [0.1, 0.15) is 17.1 Å². The van der Waals surface area contributed by atoms with Gasteiger partial charge < -0.3 is 5.32 Å². The Morgan fingerprint density at radius 2 is 1.50 bits per heavy atom. The van der Waals surface area contributed by atoms with Gasteiger partial charge in [-0.1, -0.05) is 6.07 Å². The molecule has 0 aliphatic rings. The molecule has 0 radical (unpaired) electrons. The van der Waals surface area contributed by atoms with E-state index in [0.717, 1.165) is 6.07 Å². The van der Waals surface area contributed by atoms with Gasteiger partial charge in [-0.25, -0.2) is 22.0 Å². The highest BCUT2D eigenvalue weighted by Crippen LogP contribution is 2.38. The monoisotopic (exact) mass is 495 g/mol. The minimum Gasteiger partial charge on any atom is -0.321 e. The largest absolute Gasteiger partial charge is 0.422 e. The Balaban J connectivity index is 2.40. The van der Waals surface area contributed by atoms with Crippen LogP contribution in [0.5, 0.6) is 0 Å². The zero-order valence-corrected chi connectivity index (χ0v) is 14.4. The van der Waals surface area contributed by atoms with E-state index < -0.39 is 58.8 Å². The molecule has 140 valence electrons. The number of halogens is 9. The Labute approximate surface area is 154 Å². The first-order valence-electron chi connectivity index (χ1n) is 6.61. The van der Waals surface area contributed by atoms with E-state index in [4.69, 9.17) is 0 Å². The van der Waals surface area contributed by atoms with Crippen LogP contribution < -0.4 is 5.32 Å². The van der Waals surface area contributed by atoms with Gasteiger partial charge >= 0.3 is 6.18 Å². The van der Waals surface area contributed by atoms with Crippen molar-refractivity contribution in [2.75, 3.05) is 5.32 Å². The van der Waals surface area contributed by atoms with Gasteiger partial charge in [0.15, 0.2) is 23.3 Å². The predicted octanol–water partition coefficient (Wildman–Crippen LogP) is 5.19. The maximum Gasteiger partial charge on any atom is 0.422 e. The van der Waals surface area contributed by atoms with Gasteiger partial charge in [-0.2, -0.15) is 13.2 Å². The Morgan fingerprint density at radius 1 is 0.962 bits per heavy atom. The van der Waals surface area contributed by atoms with Gasteiger partial charge in [-0.3, -0.25) is 4.79 Å². The first-order chi connectivity index (χ1) is 11.9. The average Bonchev–Trinajstić information content (AvgIpc) is 2.52. The summed E-state index contributed by atoms with van der Waals surface area (Å²) in [5, 5.41) is 1.44. The van der Waals surface area contributed by atoms with Crippen LogP contribution in [0.25, 0.3) is 0 Å². The molecule has 0 saturated heterocycles. The highest BCUT2D eigenvalue weighted by atomic mass is 127. The van der Waals surface area contributed by atoms with Crippen molar-refractivity contribution in [1.29, 1.82) is 0 Å². The smallest absolute Gasteiger partial charge is 0.321 e. The van der Waals surface area contributed by atoms with Crippen LogP contribution in [-0.4, -0.2) is 5.91 Å². The third kappa shape index (κ3) is 3.91. The fourth-order valence-electron chi connectivity index (χ4n) is 2.04. The minimum atomic E-state index is -5.69. The van der Waals surface area contributed by atoms with E-state index in [1.165, 1.54) is 17.4 Å². The number of rotatable bonds is 3. The molecule has 0 aromatic heterocycles. The Morgan fingerprint density at radius 3 is 1.96 bits per heavy atom. The molecule has 0 fully saturated rings. The fraction of sp³-hybridized carbons (Fsp3) is 0.133. The molecule has 26 heavy (non-hydrogen) atoms. The van der Waals surface area contributed by atoms with Crippen LogP contribution >= 0.6 is 22.6 Å². The molecule has 2 nitrogen and oxygen atoms in total. The van der Waals surface area contributed by atoms with Crippen molar-refractivity contribution in [2.24, 2.45) is 0 Å². The summed E-state index contributed by atoms with van der Waals surface area (Å²) in [6.07, 6.45) is -6.46. The summed E-state index contributed by atoms with van der Waals surface area (Å²) in [6, 6.07) is 3.76. The highest BCUT2D eigenvalue weighted by Gasteiger charge is 2.42. The number of carbonyl (C=O) groups is 1. The fourth-order valence-corrected chi connectivity index (χ4v) is 2.69. The second kappa shape index (κ2) is 7.37. The molecule has 2 aromatic rings. The zero-order valence-electron chi connectivity index (χ0n) is 12.2. The SMILES string of the molecule is O=C(Cc1c(F)cccc1I)Nc1c(F)c(F)c(C(F)(F)F)c(F)c1F. The average molecular weight is 495 g/mol. The molecule has 0 heterocycles. The lowest BCUT2D eigenvalue weighted by Gasteiger charge is -2.15. The molecule has 0 bridgehead atoms. The molecule has 0 atom stereocenters. The summed E-state index contributed by atoms with van der Waals surface area (Å²) in [5.41, 5.74) is -4.65. The van der Waals surface area contributed by atoms with Crippen molar-refractivity contribution in [3.05, 3.63) is 62.0 Å². The van der Waals surface area contributed by atoms with Crippen molar-refractivity contribution in [1.82, 2.24) is 0 Å². The van der Waals surface area contributed by atoms with Gasteiger partial charge in [0.05, 0.1) is 6.42 Å². The molecule has 1 amide bonds. The normalized spacial score (nSPS) is 11.6. The number of hydrogen-bond acceptors (Lipinski definition) is 1. The van der Waals surface area contributed by atoms with E-state index in [-0.39, 0.29) is 9.13 Å². The number of benzene rings is 2. The van der Waals surface area contributed by atoms with Crippen molar-refractivity contribution in [3.8, 4) is 0 Å². The van der Waals surface area contributed by atoms with Crippen LogP contribution in [0.3, 0.4) is 0 Å². The minimum absolute atomic E-state index is 0.167. The quantitative estimate of drug-likeness (QED) is 0.355. The lowest BCUT2D eigenvalue weighted by Crippen LogP contribution is -2.21. The third-order valence-corrected chi connectivity index (χ3v) is 4.22. The van der Waals surface area contributed by atoms with Crippen molar-refractivity contribution >= 4 is 34.2 Å². The predicted molar refractivity (Wildman–Crippen MR) is 82.7 cm³/mol. The lowest BCUT2D eigenvalue weighted by atomic mass is 10.1. The maximum absolute atomic E-state index is 13.7. The second-order valence-electron chi connectivity index (χ2n) is 4.93. The number of carbonyl (C=O) groups excluding carboxylic acids is 1. The molecule has 0 saturated carbocycles. The first-order valence-corrected chi connectivity index (χ1v) is 7.68. The van der Waals surface area contributed by atoms with Crippen molar-refractivity contribution in [3.63, 3.8) is 0 Å². The standard InChI is InChI=1S/C15H6F8INO/c16-6-2-1-3-7(24)5(6)4-8(26)25-14-12(19)10(17)9(15(21,22)23)11(18)13(14)20/h1-3H,4H2,(H,25,26). The molecule has 0 unspecified atom stereocenters. The molecule has 0 spiro atoms. The molecule has 1 N–H and O–H groups in total. The van der Waals surface area contributed by atoms with E-state index >= 15 is 0 Å². The van der Waals surface area contributed by atoms with E-state index in [2.05, 4.69) is 0 Å². The van der Waals surface area contributed by atoms with Crippen molar-refractivity contribution in [2.45, 2.75) is 12.6 Å². The van der Waals surface area contributed by atoms with Crippen LogP contribution in [0.1, 0.15) is 11.1 Å². The van der Waals surface area contributed by atoms with E-state index in [1.807, 2.05) is 0 Å². The molecular weight excluding hydrogens is 489 g/mol. The summed E-state index contributed by atoms with van der Waals surface area (Å²) >= 11 is 1.67. The molecular formula is C15H6F8INO. The Bertz CT molecular complexity index is 832. The molecule has 0 aliphatic carbocycles. The van der Waals surface area contributed by atoms with Gasteiger partial charge in [-0.15, -0.1) is 0 Å². The Kier molecular flexibility index (Phi) is 5.78. The molecule has 0 aliphatic heterocycles. The molecule has 11 heteroatoms. The number of amides is 1. The van der Waals surface area contributed by atoms with Gasteiger partial charge in [0.25, 0.3) is 0 Å². The van der Waals surface area contributed by atoms with Crippen LogP contribution in [-0.2, 0) is 17.4 Å². The maximum atomic E-state index is 13.7. The summed E-state index contributed by atoms with van der Waals surface area (Å²) in [7, 11) is 0. The van der Waals surface area contributed by atoms with Gasteiger partial charge in [0.2, 0.25) is 5.91 Å². The van der Waals surface area contributed by atoms with E-state index in [0.29, 0.717) is 0 Å². The van der Waals surface area contributed by atoms with Crippen molar-refractivity contribution < 1.29 is 39.9 Å². The summed E-state index contributed by atoms with van der Waals surface area (Å²) in [6.45, 7) is 0.